The van der Waals surface area contributed by atoms with Crippen molar-refractivity contribution >= 4 is 29.4 Å². The van der Waals surface area contributed by atoms with Crippen LogP contribution in [0.4, 0.5) is 123 Å². The number of primary amides is 1. The zero-order valence-electron chi connectivity index (χ0n) is 65.5. The molecule has 0 spiro atoms. The number of halogens is 28. The van der Waals surface area contributed by atoms with E-state index in [0.29, 0.717) is 48.5 Å². The number of carbonyl (C=O) groups excluding carboxylic acids is 3. The normalized spacial score (nSPS) is 15.0. The maximum atomic E-state index is 13.1. The smallest absolute Gasteiger partial charge is 0.416 e. The van der Waals surface area contributed by atoms with Crippen molar-refractivity contribution in [2.24, 2.45) is 5.73 Å². The molecule has 8 rings (SSSR count). The van der Waals surface area contributed by atoms with Gasteiger partial charge in [-0.05, 0) is 207 Å². The Balaban J connectivity index is 0.000000302. The molecule has 7 N–H and O–H groups in total. The van der Waals surface area contributed by atoms with Crippen LogP contribution in [0.3, 0.4) is 0 Å². The van der Waals surface area contributed by atoms with Crippen molar-refractivity contribution < 1.29 is 210 Å². The SMILES string of the molecule is CC(=O)CO[C@H](O[C@H](C)c1cc(C(F)(F)F)cc(C(F)(F)F)c1)C(O)c1ccc(F)cc1.C[C@@H](O[C@@H](OCC(=O)O)C(=O)c1ccc(F)cc1)c1cc(C(F)(F)F)cc(C(F)(F)F)c1.C[C@@H](O[C@@H](OCC(=O)O)C(O)c1ccc(F)cc1)c1cc(C(F)(F)F)cc(C(F)(F)F)c1.C[C@@H](O[C@@H](OCC(N)=O)C(O)c1ccc(F)cc1)c1cc(C(F)(F)F)cc(C(F)(F)F)c1. The minimum Gasteiger partial charge on any atom is -0.480 e. The molecule has 0 radical (unpaired) electrons. The van der Waals surface area contributed by atoms with Crippen molar-refractivity contribution in [3.8, 4) is 0 Å². The number of Topliss-reactive ketones (excluding diaryl/α,β-unsaturated/α-hetero) is 2. The molecule has 3 unspecified atom stereocenters. The zero-order valence-corrected chi connectivity index (χ0v) is 65.5. The van der Waals surface area contributed by atoms with Crippen molar-refractivity contribution in [2.75, 3.05) is 26.4 Å². The summed E-state index contributed by atoms with van der Waals surface area (Å²) >= 11 is 0. The minimum atomic E-state index is -5.10. The third-order valence-electron chi connectivity index (χ3n) is 17.0. The van der Waals surface area contributed by atoms with Crippen molar-refractivity contribution in [2.45, 2.75) is 152 Å². The van der Waals surface area contributed by atoms with E-state index in [-0.39, 0.29) is 46.5 Å². The van der Waals surface area contributed by atoms with Crippen molar-refractivity contribution in [1.82, 2.24) is 0 Å². The molecule has 47 heteroatoms. The molecule has 1 amide bonds. The summed E-state index contributed by atoms with van der Waals surface area (Å²) in [5.41, 5.74) is -9.65. The number of hydrogen-bond donors (Lipinski definition) is 6. The van der Waals surface area contributed by atoms with Gasteiger partial charge < -0.3 is 69.2 Å². The fourth-order valence-electron chi connectivity index (χ4n) is 10.6. The van der Waals surface area contributed by atoms with Crippen LogP contribution in [0.2, 0.25) is 0 Å². The number of alkyl halides is 24. The molecule has 0 heterocycles. The van der Waals surface area contributed by atoms with E-state index in [4.69, 9.17) is 53.8 Å². The van der Waals surface area contributed by atoms with Crippen LogP contribution >= 0.6 is 0 Å². The van der Waals surface area contributed by atoms with Gasteiger partial charge in [0.15, 0.2) is 24.7 Å². The Labute approximate surface area is 704 Å². The van der Waals surface area contributed by atoms with E-state index in [2.05, 4.69) is 0 Å². The molecule has 0 aliphatic rings. The van der Waals surface area contributed by atoms with Crippen LogP contribution in [0.1, 0.15) is 171 Å². The first-order valence-electron chi connectivity index (χ1n) is 35.8. The average molecular weight is 1880 g/mol. The lowest BCUT2D eigenvalue weighted by Crippen LogP contribution is -2.31. The van der Waals surface area contributed by atoms with E-state index >= 15 is 0 Å². The van der Waals surface area contributed by atoms with E-state index in [1.807, 2.05) is 0 Å². The predicted octanol–water partition coefficient (Wildman–Crippen LogP) is 20.5. The number of carboxylic acid groups (broad SMARTS) is 2. The predicted molar refractivity (Wildman–Crippen MR) is 383 cm³/mol. The Kier molecular flexibility index (Phi) is 37.8. The minimum absolute atomic E-state index is 0.00834. The molecule has 0 fully saturated rings. The second-order valence-electron chi connectivity index (χ2n) is 27.0. The molecule has 11 atom stereocenters. The van der Waals surface area contributed by atoms with Gasteiger partial charge in [-0.2, -0.15) is 105 Å². The summed E-state index contributed by atoms with van der Waals surface area (Å²) in [6.07, 6.45) is -58.7. The molecule has 19 nitrogen and oxygen atoms in total. The highest BCUT2D eigenvalue weighted by atomic mass is 19.4. The lowest BCUT2D eigenvalue weighted by atomic mass is 10.0. The van der Waals surface area contributed by atoms with Crippen LogP contribution < -0.4 is 5.73 Å². The summed E-state index contributed by atoms with van der Waals surface area (Å²) in [4.78, 5) is 56.4. The third kappa shape index (κ3) is 34.3. The summed E-state index contributed by atoms with van der Waals surface area (Å²) < 4.78 is 408. The van der Waals surface area contributed by atoms with Crippen LogP contribution in [0.5, 0.6) is 0 Å². The molecule has 8 aromatic rings. The number of aliphatic hydroxyl groups is 3. The van der Waals surface area contributed by atoms with E-state index in [9.17, 15) is 162 Å². The number of nitrogens with two attached hydrogens (primary N) is 1. The number of rotatable bonds is 32. The Hall–Kier alpha value is -10.9. The quantitative estimate of drug-likeness (QED) is 0.0130. The van der Waals surface area contributed by atoms with Crippen molar-refractivity contribution in [3.05, 3.63) is 282 Å². The number of ketones is 2. The fraction of sp³-hybridized carbons (Fsp3) is 0.346. The maximum Gasteiger partial charge on any atom is 0.416 e. The highest BCUT2D eigenvalue weighted by molar-refractivity contribution is 5.98. The maximum absolute atomic E-state index is 13.1. The lowest BCUT2D eigenvalue weighted by Gasteiger charge is -2.27. The fourth-order valence-corrected chi connectivity index (χ4v) is 10.6. The summed E-state index contributed by atoms with van der Waals surface area (Å²) in [6, 6.07) is 20.2. The van der Waals surface area contributed by atoms with Gasteiger partial charge in [0.25, 0.3) is 0 Å². The highest BCUT2D eigenvalue weighted by Crippen LogP contribution is 2.45. The number of aliphatic carboxylic acids is 2. The molecular formula is C81H69F28NO18. The second-order valence-corrected chi connectivity index (χ2v) is 27.0. The molecule has 0 bridgehead atoms. The molecule has 0 aliphatic carbocycles. The molecule has 128 heavy (non-hydrogen) atoms. The summed E-state index contributed by atoms with van der Waals surface area (Å²) in [5, 5.41) is 48.9. The van der Waals surface area contributed by atoms with Crippen LogP contribution in [-0.2, 0) is 106 Å². The molecule has 0 aliphatic heterocycles. The van der Waals surface area contributed by atoms with E-state index in [1.54, 1.807) is 0 Å². The Morgan fingerprint density at radius 1 is 0.297 bits per heavy atom. The highest BCUT2D eigenvalue weighted by Gasteiger charge is 2.44. The van der Waals surface area contributed by atoms with Gasteiger partial charge >= 0.3 is 61.3 Å². The number of carbonyl (C=O) groups is 5. The number of aliphatic hydroxyl groups excluding tert-OH is 3. The lowest BCUT2D eigenvalue weighted by molar-refractivity contribution is -0.220. The van der Waals surface area contributed by atoms with Crippen LogP contribution in [0.25, 0.3) is 0 Å². The van der Waals surface area contributed by atoms with E-state index < -0.39 is 263 Å². The summed E-state index contributed by atoms with van der Waals surface area (Å²) in [6.45, 7) is 2.25. The topological polar surface area (TPSA) is 286 Å². The van der Waals surface area contributed by atoms with Gasteiger partial charge in [0.1, 0.15) is 68.0 Å². The van der Waals surface area contributed by atoms with Crippen molar-refractivity contribution in [3.63, 3.8) is 0 Å². The average Bonchev–Trinajstić information content (AvgIpc) is 0.806. The summed E-state index contributed by atoms with van der Waals surface area (Å²) in [7, 11) is 0. The van der Waals surface area contributed by atoms with Crippen LogP contribution in [0.15, 0.2) is 170 Å². The van der Waals surface area contributed by atoms with Gasteiger partial charge in [0.2, 0.25) is 18.0 Å². The molecule has 702 valence electrons. The molecule has 0 aromatic heterocycles. The largest absolute Gasteiger partial charge is 0.480 e. The van der Waals surface area contributed by atoms with Crippen molar-refractivity contribution in [1.29, 1.82) is 0 Å². The zero-order chi connectivity index (χ0) is 97.1. The summed E-state index contributed by atoms with van der Waals surface area (Å²) in [5.74, 6) is -8.04. The number of ether oxygens (including phenoxy) is 8. The van der Waals surface area contributed by atoms with Gasteiger partial charge in [-0.3, -0.25) is 14.4 Å². The Morgan fingerprint density at radius 2 is 0.500 bits per heavy atom. The first-order valence-corrected chi connectivity index (χ1v) is 35.8. The second kappa shape index (κ2) is 44.9. The first kappa shape index (κ1) is 108. The number of carboxylic acids is 2. The number of amides is 1. The molecule has 0 saturated carbocycles. The van der Waals surface area contributed by atoms with Gasteiger partial charge in [0.05, 0.1) is 68.9 Å². The van der Waals surface area contributed by atoms with E-state index in [0.717, 1.165) is 120 Å². The van der Waals surface area contributed by atoms with Gasteiger partial charge in [-0.15, -0.1) is 0 Å². The Morgan fingerprint density at radius 3 is 0.711 bits per heavy atom. The van der Waals surface area contributed by atoms with Gasteiger partial charge in [-0.25, -0.2) is 27.2 Å². The van der Waals surface area contributed by atoms with Crippen LogP contribution in [0, 0.1) is 23.3 Å². The van der Waals surface area contributed by atoms with Crippen LogP contribution in [-0.4, -0.2) is 107 Å². The van der Waals surface area contributed by atoms with Gasteiger partial charge in [0, 0.05) is 5.56 Å². The first-order chi connectivity index (χ1) is 58.7. The van der Waals surface area contributed by atoms with E-state index in [1.165, 1.54) is 12.1 Å². The number of hydrogen-bond acceptors (Lipinski definition) is 16. The monoisotopic (exact) mass is 1880 g/mol. The molecule has 8 aromatic carbocycles. The third-order valence-corrected chi connectivity index (χ3v) is 17.0. The molecular weight excluding hydrogens is 1810 g/mol. The Bertz CT molecular complexity index is 4490. The molecule has 0 saturated heterocycles. The van der Waals surface area contributed by atoms with Gasteiger partial charge in [-0.1, -0.05) is 36.4 Å². The standard InChI is InChI=1S/C21H19F7O4.C20H18F7NO4.C20H17F7O5.C20H15F7O5/c1-11(29)10-31-19(18(30)13-3-5-17(22)6-4-13)32-12(2)14-7-15(20(23,24)25)9-16(8-14)21(26,27)28;3*1-10(12-6-13(19(22,23)24)8-14(7-12)20(25,26)27)32-18(31-9-16(28)29)17(30)11-2-4-15(21)5-3-11/h3-9,12,18-19,30H,10H2,1-2H3;2-8,10,17-18,30H,9H2,1H3,(H2,28,29);2-8,10,17-18,30H,9H2,1H3,(H,28,29);2-8,10,18H,9H2,1H3,(H,28,29)/t12-,18?,19-;2*10-,17?,18-;10-,18-/m1111/s1. The number of benzene rings is 8.